The van der Waals surface area contributed by atoms with Crippen LogP contribution in [0.2, 0.25) is 0 Å². The quantitative estimate of drug-likeness (QED) is 0.626. The number of piperidine rings is 1. The molecule has 104 valence electrons. The number of nitrogen functional groups attached to an aromatic ring is 1. The van der Waals surface area contributed by atoms with Crippen LogP contribution in [-0.4, -0.2) is 41.1 Å². The van der Waals surface area contributed by atoms with Gasteiger partial charge < -0.3 is 15.1 Å². The zero-order chi connectivity index (χ0) is 13.2. The van der Waals surface area contributed by atoms with Crippen LogP contribution in [0.5, 0.6) is 5.88 Å². The van der Waals surface area contributed by atoms with E-state index in [1.807, 2.05) is 0 Å². The van der Waals surface area contributed by atoms with Crippen LogP contribution in [0, 0.1) is 0 Å². The first kappa shape index (κ1) is 12.6. The summed E-state index contributed by atoms with van der Waals surface area (Å²) in [6.07, 6.45) is 4.68. The fraction of sp³-hybridized carbons (Fsp3) is 0.692. The van der Waals surface area contributed by atoms with Crippen LogP contribution in [0.15, 0.2) is 6.07 Å². The predicted octanol–water partition coefficient (Wildman–Crippen LogP) is 1.11. The van der Waals surface area contributed by atoms with Crippen molar-refractivity contribution in [3.05, 3.63) is 11.9 Å². The molecule has 0 aromatic carbocycles. The Morgan fingerprint density at radius 1 is 1.26 bits per heavy atom. The fourth-order valence-corrected chi connectivity index (χ4v) is 2.37. The Bertz CT molecular complexity index is 441. The number of nitrogens with two attached hydrogens (primary N) is 1. The Kier molecular flexibility index (Phi) is 3.52. The van der Waals surface area contributed by atoms with Gasteiger partial charge in [0.25, 0.3) is 0 Å². The second-order valence-electron chi connectivity index (χ2n) is 5.49. The number of anilines is 1. The Morgan fingerprint density at radius 2 is 2.00 bits per heavy atom. The average molecular weight is 263 g/mol. The summed E-state index contributed by atoms with van der Waals surface area (Å²) < 4.78 is 5.99. The first-order chi connectivity index (χ1) is 9.24. The van der Waals surface area contributed by atoms with Crippen molar-refractivity contribution in [3.63, 3.8) is 0 Å². The van der Waals surface area contributed by atoms with Crippen LogP contribution in [0.4, 0.5) is 5.82 Å². The molecule has 19 heavy (non-hydrogen) atoms. The van der Waals surface area contributed by atoms with Crippen molar-refractivity contribution in [1.29, 1.82) is 0 Å². The van der Waals surface area contributed by atoms with Gasteiger partial charge in [0.2, 0.25) is 5.88 Å². The van der Waals surface area contributed by atoms with Crippen molar-refractivity contribution in [2.24, 2.45) is 5.84 Å². The summed E-state index contributed by atoms with van der Waals surface area (Å²) in [7, 11) is 2.14. The molecule has 2 heterocycles. The molecule has 2 fully saturated rings. The van der Waals surface area contributed by atoms with Crippen LogP contribution in [0.1, 0.15) is 37.4 Å². The third-order valence-electron chi connectivity index (χ3n) is 3.76. The van der Waals surface area contributed by atoms with Crippen molar-refractivity contribution in [2.75, 3.05) is 25.6 Å². The van der Waals surface area contributed by atoms with Crippen LogP contribution in [0.25, 0.3) is 0 Å². The highest BCUT2D eigenvalue weighted by atomic mass is 16.5. The number of nitrogens with zero attached hydrogens (tertiary/aromatic N) is 3. The van der Waals surface area contributed by atoms with Gasteiger partial charge in [-0.25, -0.2) is 10.8 Å². The molecule has 1 aromatic heterocycles. The highest BCUT2D eigenvalue weighted by Gasteiger charge is 2.28. The van der Waals surface area contributed by atoms with Gasteiger partial charge in [0, 0.05) is 25.1 Å². The van der Waals surface area contributed by atoms with E-state index in [2.05, 4.69) is 27.3 Å². The summed E-state index contributed by atoms with van der Waals surface area (Å²) in [6, 6.07) is 1.78. The molecular formula is C13H21N5O. The van der Waals surface area contributed by atoms with Gasteiger partial charge in [-0.1, -0.05) is 0 Å². The van der Waals surface area contributed by atoms with Gasteiger partial charge in [0.15, 0.2) is 0 Å². The number of rotatable bonds is 4. The Morgan fingerprint density at radius 3 is 2.63 bits per heavy atom. The van der Waals surface area contributed by atoms with Gasteiger partial charge in [-0.15, -0.1) is 0 Å². The molecule has 0 bridgehead atoms. The first-order valence-corrected chi connectivity index (χ1v) is 6.95. The summed E-state index contributed by atoms with van der Waals surface area (Å²) >= 11 is 0. The van der Waals surface area contributed by atoms with E-state index in [0.717, 1.165) is 31.8 Å². The molecule has 0 amide bonds. The Balaban J connectivity index is 1.70. The van der Waals surface area contributed by atoms with Gasteiger partial charge in [0.05, 0.1) is 0 Å². The molecule has 1 aliphatic heterocycles. The minimum Gasteiger partial charge on any atom is -0.474 e. The van der Waals surface area contributed by atoms with E-state index < -0.39 is 0 Å². The molecule has 1 saturated carbocycles. The molecule has 6 heteroatoms. The lowest BCUT2D eigenvalue weighted by Crippen LogP contribution is -2.35. The van der Waals surface area contributed by atoms with E-state index in [-0.39, 0.29) is 6.10 Å². The molecule has 0 spiro atoms. The molecule has 3 N–H and O–H groups in total. The van der Waals surface area contributed by atoms with Crippen molar-refractivity contribution >= 4 is 5.82 Å². The number of hydrazine groups is 1. The molecule has 1 aromatic rings. The maximum Gasteiger partial charge on any atom is 0.219 e. The molecule has 2 aliphatic rings. The second kappa shape index (κ2) is 5.30. The molecule has 3 rings (SSSR count). The maximum atomic E-state index is 5.99. The molecule has 0 atom stereocenters. The zero-order valence-electron chi connectivity index (χ0n) is 11.3. The number of likely N-dealkylation sites (tertiary alicyclic amines) is 1. The van der Waals surface area contributed by atoms with E-state index in [4.69, 9.17) is 10.6 Å². The topological polar surface area (TPSA) is 76.3 Å². The first-order valence-electron chi connectivity index (χ1n) is 6.95. The number of hydrogen-bond donors (Lipinski definition) is 2. The van der Waals surface area contributed by atoms with E-state index >= 15 is 0 Å². The lowest BCUT2D eigenvalue weighted by atomic mass is 10.1. The smallest absolute Gasteiger partial charge is 0.219 e. The van der Waals surface area contributed by atoms with E-state index in [0.29, 0.717) is 17.6 Å². The van der Waals surface area contributed by atoms with Gasteiger partial charge in [-0.05, 0) is 32.7 Å². The number of hydrogen-bond acceptors (Lipinski definition) is 6. The number of aromatic nitrogens is 2. The largest absolute Gasteiger partial charge is 0.474 e. The minimum atomic E-state index is 0.253. The molecule has 6 nitrogen and oxygen atoms in total. The predicted molar refractivity (Wildman–Crippen MR) is 73.0 cm³/mol. The minimum absolute atomic E-state index is 0.253. The molecular weight excluding hydrogens is 242 g/mol. The van der Waals surface area contributed by atoms with Crippen LogP contribution < -0.4 is 16.0 Å². The van der Waals surface area contributed by atoms with Gasteiger partial charge >= 0.3 is 0 Å². The van der Waals surface area contributed by atoms with Crippen molar-refractivity contribution in [3.8, 4) is 5.88 Å². The maximum absolute atomic E-state index is 5.99. The highest BCUT2D eigenvalue weighted by Crippen LogP contribution is 2.39. The summed E-state index contributed by atoms with van der Waals surface area (Å²) in [6.45, 7) is 2.15. The highest BCUT2D eigenvalue weighted by molar-refractivity contribution is 5.38. The Labute approximate surface area is 113 Å². The average Bonchev–Trinajstić information content (AvgIpc) is 3.25. The lowest BCUT2D eigenvalue weighted by molar-refractivity contribution is 0.109. The monoisotopic (exact) mass is 263 g/mol. The van der Waals surface area contributed by atoms with E-state index in [9.17, 15) is 0 Å². The molecule has 1 saturated heterocycles. The molecule has 0 unspecified atom stereocenters. The summed E-state index contributed by atoms with van der Waals surface area (Å²) in [4.78, 5) is 11.2. The normalized spacial score (nSPS) is 21.4. The van der Waals surface area contributed by atoms with E-state index in [1.54, 1.807) is 6.07 Å². The molecule has 1 aliphatic carbocycles. The van der Waals surface area contributed by atoms with Crippen LogP contribution in [0.3, 0.4) is 0 Å². The Hall–Kier alpha value is -1.40. The van der Waals surface area contributed by atoms with Crippen molar-refractivity contribution in [2.45, 2.75) is 37.7 Å². The van der Waals surface area contributed by atoms with Gasteiger partial charge in [-0.3, -0.25) is 0 Å². The number of nitrogens with one attached hydrogen (secondary N) is 1. The summed E-state index contributed by atoms with van der Waals surface area (Å²) in [5.41, 5.74) is 2.60. The van der Waals surface area contributed by atoms with Gasteiger partial charge in [-0.2, -0.15) is 4.98 Å². The molecule has 0 radical (unpaired) electrons. The van der Waals surface area contributed by atoms with Crippen molar-refractivity contribution in [1.82, 2.24) is 14.9 Å². The zero-order valence-corrected chi connectivity index (χ0v) is 11.3. The second-order valence-corrected chi connectivity index (χ2v) is 5.49. The summed E-state index contributed by atoms with van der Waals surface area (Å²) in [5, 5.41) is 0. The van der Waals surface area contributed by atoms with Gasteiger partial charge in [0.1, 0.15) is 17.7 Å². The van der Waals surface area contributed by atoms with Crippen molar-refractivity contribution < 1.29 is 4.74 Å². The summed E-state index contributed by atoms with van der Waals surface area (Å²) in [5.74, 6) is 8.10. The fourth-order valence-electron chi connectivity index (χ4n) is 2.37. The lowest BCUT2D eigenvalue weighted by Gasteiger charge is -2.29. The third kappa shape index (κ3) is 3.13. The number of ether oxygens (including phenoxy) is 1. The van der Waals surface area contributed by atoms with E-state index in [1.165, 1.54) is 12.8 Å². The van der Waals surface area contributed by atoms with Crippen LogP contribution >= 0.6 is 0 Å². The SMILES string of the molecule is CN1CCC(Oc2cc(NN)nc(C3CC3)n2)CC1. The standard InChI is InChI=1S/C13H21N5O/c1-18-6-4-10(5-7-18)19-12-8-11(17-14)15-13(16-12)9-2-3-9/h8-10H,2-7,14H2,1H3,(H,15,16,17). The third-order valence-corrected chi connectivity index (χ3v) is 3.76. The van der Waals surface area contributed by atoms with Crippen LogP contribution in [-0.2, 0) is 0 Å².